The maximum absolute atomic E-state index is 12.1. The van der Waals surface area contributed by atoms with Gasteiger partial charge in [0.15, 0.2) is 5.78 Å². The largest absolute Gasteiger partial charge is 0.377 e. The first-order valence-electron chi connectivity index (χ1n) is 6.92. The molecular formula is C17H14ClNO. The van der Waals surface area contributed by atoms with E-state index in [-0.39, 0.29) is 11.8 Å². The van der Waals surface area contributed by atoms with Crippen LogP contribution in [0.15, 0.2) is 42.5 Å². The minimum Gasteiger partial charge on any atom is -0.377 e. The Morgan fingerprint density at radius 1 is 1.15 bits per heavy atom. The summed E-state index contributed by atoms with van der Waals surface area (Å²) < 4.78 is 0. The summed E-state index contributed by atoms with van der Waals surface area (Å²) in [5.41, 5.74) is 4.40. The lowest BCUT2D eigenvalue weighted by Crippen LogP contribution is -2.18. The molecule has 0 spiro atoms. The summed E-state index contributed by atoms with van der Waals surface area (Å²) in [5.74, 6) is 0.643. The van der Waals surface area contributed by atoms with Gasteiger partial charge in [-0.15, -0.1) is 0 Å². The molecule has 2 unspecified atom stereocenters. The Hall–Kier alpha value is -1.80. The van der Waals surface area contributed by atoms with Crippen molar-refractivity contribution in [2.45, 2.75) is 24.8 Å². The van der Waals surface area contributed by atoms with Gasteiger partial charge in [0.25, 0.3) is 0 Å². The number of carbonyl (C=O) groups excluding carboxylic acids is 1. The van der Waals surface area contributed by atoms with E-state index >= 15 is 0 Å². The van der Waals surface area contributed by atoms with Crippen molar-refractivity contribution in [3.63, 3.8) is 0 Å². The molecule has 0 bridgehead atoms. The van der Waals surface area contributed by atoms with Gasteiger partial charge in [-0.2, -0.15) is 0 Å². The van der Waals surface area contributed by atoms with E-state index < -0.39 is 0 Å². The molecule has 4 rings (SSSR count). The maximum Gasteiger partial charge on any atom is 0.163 e. The van der Waals surface area contributed by atoms with Gasteiger partial charge in [-0.25, -0.2) is 0 Å². The van der Waals surface area contributed by atoms with Crippen LogP contribution in [-0.4, -0.2) is 5.78 Å². The first kappa shape index (κ1) is 12.0. The molecule has 2 atom stereocenters. The number of anilines is 1. The van der Waals surface area contributed by atoms with Crippen LogP contribution < -0.4 is 5.32 Å². The topological polar surface area (TPSA) is 29.1 Å². The fraction of sp³-hybridized carbons (Fsp3) is 0.235. The highest BCUT2D eigenvalue weighted by Crippen LogP contribution is 2.50. The Labute approximate surface area is 122 Å². The van der Waals surface area contributed by atoms with Gasteiger partial charge < -0.3 is 5.32 Å². The van der Waals surface area contributed by atoms with Gasteiger partial charge >= 0.3 is 0 Å². The zero-order chi connectivity index (χ0) is 13.7. The van der Waals surface area contributed by atoms with Crippen molar-refractivity contribution in [1.29, 1.82) is 0 Å². The number of hydrogen-bond acceptors (Lipinski definition) is 2. The molecule has 20 heavy (non-hydrogen) atoms. The van der Waals surface area contributed by atoms with Crippen molar-refractivity contribution < 1.29 is 4.79 Å². The molecule has 1 aliphatic heterocycles. The quantitative estimate of drug-likeness (QED) is 0.831. The van der Waals surface area contributed by atoms with Crippen LogP contribution in [0.4, 0.5) is 5.69 Å². The summed E-state index contributed by atoms with van der Waals surface area (Å²) in [7, 11) is 0. The van der Waals surface area contributed by atoms with Gasteiger partial charge in [0.2, 0.25) is 0 Å². The molecule has 2 aliphatic rings. The summed E-state index contributed by atoms with van der Waals surface area (Å²) in [4.78, 5) is 12.1. The molecule has 0 fully saturated rings. The molecule has 1 N–H and O–H groups in total. The Morgan fingerprint density at radius 2 is 2.00 bits per heavy atom. The van der Waals surface area contributed by atoms with Crippen LogP contribution in [0.5, 0.6) is 0 Å². The minimum atomic E-state index is 0.220. The third-order valence-electron chi connectivity index (χ3n) is 4.38. The zero-order valence-electron chi connectivity index (χ0n) is 10.9. The predicted octanol–water partition coefficient (Wildman–Crippen LogP) is 4.57. The molecule has 3 heteroatoms. The van der Waals surface area contributed by atoms with Crippen molar-refractivity contribution in [1.82, 2.24) is 0 Å². The fourth-order valence-corrected chi connectivity index (χ4v) is 3.72. The minimum absolute atomic E-state index is 0.220. The molecule has 2 aromatic rings. The monoisotopic (exact) mass is 283 g/mol. The highest BCUT2D eigenvalue weighted by atomic mass is 35.5. The molecule has 0 amide bonds. The Morgan fingerprint density at radius 3 is 2.85 bits per heavy atom. The molecule has 100 valence electrons. The van der Waals surface area contributed by atoms with Crippen LogP contribution >= 0.6 is 11.6 Å². The molecule has 0 saturated heterocycles. The summed E-state index contributed by atoms with van der Waals surface area (Å²) >= 11 is 6.11. The number of nitrogens with one attached hydrogen (secondary N) is 1. The van der Waals surface area contributed by atoms with Gasteiger partial charge in [-0.3, -0.25) is 4.79 Å². The lowest BCUT2D eigenvalue weighted by Gasteiger charge is -2.25. The first-order valence-corrected chi connectivity index (χ1v) is 7.30. The van der Waals surface area contributed by atoms with E-state index in [0.717, 1.165) is 22.7 Å². The molecule has 0 aromatic heterocycles. The highest BCUT2D eigenvalue weighted by Gasteiger charge is 2.39. The van der Waals surface area contributed by atoms with E-state index in [1.165, 1.54) is 11.1 Å². The van der Waals surface area contributed by atoms with Crippen molar-refractivity contribution in [3.05, 3.63) is 64.2 Å². The predicted molar refractivity (Wildman–Crippen MR) is 80.6 cm³/mol. The van der Waals surface area contributed by atoms with Crippen LogP contribution in [0.25, 0.3) is 0 Å². The molecule has 1 aliphatic carbocycles. The Balaban J connectivity index is 1.83. The van der Waals surface area contributed by atoms with Crippen molar-refractivity contribution in [2.24, 2.45) is 0 Å². The second-order valence-corrected chi connectivity index (χ2v) is 5.95. The van der Waals surface area contributed by atoms with Crippen molar-refractivity contribution in [2.75, 3.05) is 5.32 Å². The first-order chi connectivity index (χ1) is 9.74. The summed E-state index contributed by atoms with van der Waals surface area (Å²) in [6, 6.07) is 14.2. The van der Waals surface area contributed by atoms with Gasteiger partial charge in [-0.1, -0.05) is 35.9 Å². The van der Waals surface area contributed by atoms with Crippen LogP contribution in [0.2, 0.25) is 5.02 Å². The van der Waals surface area contributed by atoms with Crippen LogP contribution in [-0.2, 0) is 0 Å². The standard InChI is InChI=1S/C17H14ClNO/c18-11-4-1-3-10(9-11)17-13-7-8-15(20)12-5-2-6-14(19-17)16(12)13/h1-6,9,13,17,19H,7-8H2. The molecule has 1 heterocycles. The number of Topliss-reactive ketones (excluding diaryl/α,β-unsaturated/α-hetero) is 1. The lowest BCUT2D eigenvalue weighted by molar-refractivity contribution is 0.0966. The van der Waals surface area contributed by atoms with Gasteiger partial charge in [-0.05, 0) is 35.7 Å². The van der Waals surface area contributed by atoms with E-state index in [1.807, 2.05) is 30.3 Å². The smallest absolute Gasteiger partial charge is 0.163 e. The fourth-order valence-electron chi connectivity index (χ4n) is 3.52. The number of halogens is 1. The third-order valence-corrected chi connectivity index (χ3v) is 4.62. The van der Waals surface area contributed by atoms with E-state index in [4.69, 9.17) is 11.6 Å². The van der Waals surface area contributed by atoms with Gasteiger partial charge in [0.1, 0.15) is 0 Å². The summed E-state index contributed by atoms with van der Waals surface area (Å²) in [6.07, 6.45) is 1.55. The average Bonchev–Trinajstić information content (AvgIpc) is 2.83. The number of rotatable bonds is 1. The van der Waals surface area contributed by atoms with E-state index in [0.29, 0.717) is 12.3 Å². The number of carbonyl (C=O) groups is 1. The molecule has 0 saturated carbocycles. The van der Waals surface area contributed by atoms with E-state index in [1.54, 1.807) is 0 Å². The summed E-state index contributed by atoms with van der Waals surface area (Å²) in [5, 5.41) is 4.33. The van der Waals surface area contributed by atoms with Gasteiger partial charge in [0.05, 0.1) is 6.04 Å². The number of ketones is 1. The maximum atomic E-state index is 12.1. The average molecular weight is 284 g/mol. The van der Waals surface area contributed by atoms with E-state index in [2.05, 4.69) is 17.4 Å². The SMILES string of the molecule is O=C1CCC2c3c(cccc31)NC2c1cccc(Cl)c1. The second kappa shape index (κ2) is 4.35. The molecular weight excluding hydrogens is 270 g/mol. The normalized spacial score (nSPS) is 23.4. The number of hydrogen-bond donors (Lipinski definition) is 1. The Kier molecular flexibility index (Phi) is 2.61. The van der Waals surface area contributed by atoms with Gasteiger partial charge in [0, 0.05) is 28.6 Å². The van der Waals surface area contributed by atoms with Crippen molar-refractivity contribution >= 4 is 23.1 Å². The molecule has 2 nitrogen and oxygen atoms in total. The van der Waals surface area contributed by atoms with Crippen LogP contribution in [0.1, 0.15) is 46.3 Å². The third kappa shape index (κ3) is 1.68. The summed E-state index contributed by atoms with van der Waals surface area (Å²) in [6.45, 7) is 0. The van der Waals surface area contributed by atoms with Crippen LogP contribution in [0, 0.1) is 0 Å². The van der Waals surface area contributed by atoms with Crippen LogP contribution in [0.3, 0.4) is 0 Å². The molecule has 2 aromatic carbocycles. The molecule has 0 radical (unpaired) electrons. The Bertz CT molecular complexity index is 710. The van der Waals surface area contributed by atoms with E-state index in [9.17, 15) is 4.79 Å². The lowest BCUT2D eigenvalue weighted by atomic mass is 9.78. The number of benzene rings is 2. The zero-order valence-corrected chi connectivity index (χ0v) is 11.7. The highest BCUT2D eigenvalue weighted by molar-refractivity contribution is 6.30. The second-order valence-electron chi connectivity index (χ2n) is 5.51. The van der Waals surface area contributed by atoms with Crippen molar-refractivity contribution in [3.8, 4) is 0 Å².